The minimum Gasteiger partial charge on any atom is -0.321 e. The van der Waals surface area contributed by atoms with Crippen molar-refractivity contribution >= 4 is 11.9 Å². The Kier molecular flexibility index (Phi) is 3.38. The maximum absolute atomic E-state index is 6.69. The van der Waals surface area contributed by atoms with Gasteiger partial charge in [-0.15, -0.1) is 5.11 Å². The van der Waals surface area contributed by atoms with Crippen molar-refractivity contribution < 1.29 is 0 Å². The molecular weight excluding hydrogens is 164 g/mol. The van der Waals surface area contributed by atoms with Crippen molar-refractivity contribution in [2.75, 3.05) is 0 Å². The average Bonchev–Trinajstić information content (AvgIpc) is 2.21. The minimum atomic E-state index is 0.198. The highest BCUT2D eigenvalue weighted by Gasteiger charge is 1.87. The standard InChI is InChI=1S/C9H10N4/c10-12-9(13-11)7-6-8-4-2-1-3-5-8/h1-7,10H,11H2/b7-6+,12-10?,13-9-. The lowest BCUT2D eigenvalue weighted by molar-refractivity contribution is 1.14. The van der Waals surface area contributed by atoms with E-state index in [1.165, 1.54) is 0 Å². The van der Waals surface area contributed by atoms with Gasteiger partial charge in [0.05, 0.1) is 0 Å². The first-order chi connectivity index (χ1) is 6.36. The zero-order valence-electron chi connectivity index (χ0n) is 7.01. The average molecular weight is 174 g/mol. The van der Waals surface area contributed by atoms with E-state index in [0.717, 1.165) is 5.56 Å². The smallest absolute Gasteiger partial charge is 0.192 e. The summed E-state index contributed by atoms with van der Waals surface area (Å²) < 4.78 is 0. The van der Waals surface area contributed by atoms with Crippen LogP contribution >= 0.6 is 0 Å². The molecule has 0 saturated carbocycles. The van der Waals surface area contributed by atoms with Crippen molar-refractivity contribution in [3.63, 3.8) is 0 Å². The molecule has 4 nitrogen and oxygen atoms in total. The fourth-order valence-corrected chi connectivity index (χ4v) is 0.844. The summed E-state index contributed by atoms with van der Waals surface area (Å²) in [5.74, 6) is 5.17. The number of benzene rings is 1. The second-order valence-electron chi connectivity index (χ2n) is 2.34. The van der Waals surface area contributed by atoms with Gasteiger partial charge in [0.25, 0.3) is 0 Å². The van der Waals surface area contributed by atoms with Crippen molar-refractivity contribution in [1.29, 1.82) is 5.53 Å². The molecule has 4 heteroatoms. The van der Waals surface area contributed by atoms with Gasteiger partial charge in [-0.3, -0.25) is 0 Å². The van der Waals surface area contributed by atoms with Crippen LogP contribution in [0, 0.1) is 5.53 Å². The molecule has 3 N–H and O–H groups in total. The molecule has 1 aromatic carbocycles. The third-order valence-corrected chi connectivity index (χ3v) is 1.47. The predicted octanol–water partition coefficient (Wildman–Crippen LogP) is 2.00. The Labute approximate surface area is 76.3 Å². The number of hydrogen-bond acceptors (Lipinski definition) is 3. The molecule has 66 valence electrons. The second kappa shape index (κ2) is 4.82. The molecule has 0 bridgehead atoms. The largest absolute Gasteiger partial charge is 0.321 e. The molecule has 0 spiro atoms. The maximum Gasteiger partial charge on any atom is 0.192 e. The summed E-state index contributed by atoms with van der Waals surface area (Å²) >= 11 is 0. The lowest BCUT2D eigenvalue weighted by atomic mass is 10.2. The van der Waals surface area contributed by atoms with Gasteiger partial charge < -0.3 is 5.84 Å². The van der Waals surface area contributed by atoms with Crippen molar-refractivity contribution in [3.8, 4) is 0 Å². The summed E-state index contributed by atoms with van der Waals surface area (Å²) in [4.78, 5) is 0. The van der Waals surface area contributed by atoms with E-state index in [4.69, 9.17) is 11.4 Å². The van der Waals surface area contributed by atoms with E-state index in [1.807, 2.05) is 30.3 Å². The highest BCUT2D eigenvalue weighted by molar-refractivity contribution is 5.96. The summed E-state index contributed by atoms with van der Waals surface area (Å²) in [7, 11) is 0. The molecule has 13 heavy (non-hydrogen) atoms. The molecule has 0 fully saturated rings. The first-order valence-corrected chi connectivity index (χ1v) is 3.75. The van der Waals surface area contributed by atoms with E-state index in [0.29, 0.717) is 0 Å². The van der Waals surface area contributed by atoms with Gasteiger partial charge in [-0.2, -0.15) is 5.10 Å². The van der Waals surface area contributed by atoms with E-state index < -0.39 is 0 Å². The highest BCUT2D eigenvalue weighted by Crippen LogP contribution is 2.00. The Morgan fingerprint density at radius 2 is 2.00 bits per heavy atom. The van der Waals surface area contributed by atoms with E-state index >= 15 is 0 Å². The van der Waals surface area contributed by atoms with Gasteiger partial charge >= 0.3 is 0 Å². The lowest BCUT2D eigenvalue weighted by Crippen LogP contribution is -1.91. The molecular formula is C9H10N4. The predicted molar refractivity (Wildman–Crippen MR) is 52.2 cm³/mol. The Hall–Kier alpha value is -1.97. The zero-order chi connectivity index (χ0) is 9.52. The zero-order valence-corrected chi connectivity index (χ0v) is 7.01. The highest BCUT2D eigenvalue weighted by atomic mass is 15.2. The molecule has 0 radical (unpaired) electrons. The van der Waals surface area contributed by atoms with Crippen LogP contribution in [0.3, 0.4) is 0 Å². The molecule has 1 rings (SSSR count). The Morgan fingerprint density at radius 1 is 1.31 bits per heavy atom. The normalized spacial score (nSPS) is 11.8. The number of amidine groups is 1. The Balaban J connectivity index is 2.74. The summed E-state index contributed by atoms with van der Waals surface area (Å²) in [6, 6.07) is 9.67. The Bertz CT molecular complexity index is 327. The van der Waals surface area contributed by atoms with E-state index in [9.17, 15) is 0 Å². The number of nitrogens with zero attached hydrogens (tertiary/aromatic N) is 2. The number of hydrazone groups is 1. The van der Waals surface area contributed by atoms with E-state index in [-0.39, 0.29) is 5.84 Å². The number of nitrogens with two attached hydrogens (primary N) is 1. The van der Waals surface area contributed by atoms with Gasteiger partial charge in [-0.1, -0.05) is 36.4 Å². The van der Waals surface area contributed by atoms with Crippen LogP contribution in [0.4, 0.5) is 0 Å². The molecule has 0 aliphatic heterocycles. The van der Waals surface area contributed by atoms with Crippen molar-refractivity contribution in [2.24, 2.45) is 16.1 Å². The molecule has 0 aromatic heterocycles. The Morgan fingerprint density at radius 3 is 2.54 bits per heavy atom. The van der Waals surface area contributed by atoms with Crippen molar-refractivity contribution in [2.45, 2.75) is 0 Å². The van der Waals surface area contributed by atoms with Gasteiger partial charge in [0.1, 0.15) is 0 Å². The number of nitrogens with one attached hydrogen (secondary N) is 1. The molecule has 0 unspecified atom stereocenters. The van der Waals surface area contributed by atoms with Crippen LogP contribution in [-0.4, -0.2) is 5.84 Å². The van der Waals surface area contributed by atoms with Crippen LogP contribution in [0.2, 0.25) is 0 Å². The molecule has 0 aliphatic rings. The van der Waals surface area contributed by atoms with Crippen LogP contribution < -0.4 is 5.84 Å². The van der Waals surface area contributed by atoms with Gasteiger partial charge in [0.2, 0.25) is 0 Å². The van der Waals surface area contributed by atoms with Crippen LogP contribution in [-0.2, 0) is 0 Å². The molecule has 0 heterocycles. The molecule has 0 saturated heterocycles. The van der Waals surface area contributed by atoms with E-state index in [2.05, 4.69) is 10.2 Å². The molecule has 0 amide bonds. The molecule has 0 atom stereocenters. The summed E-state index contributed by atoms with van der Waals surface area (Å²) in [6.07, 6.45) is 3.38. The van der Waals surface area contributed by atoms with Crippen molar-refractivity contribution in [3.05, 3.63) is 42.0 Å². The first-order valence-electron chi connectivity index (χ1n) is 3.75. The third-order valence-electron chi connectivity index (χ3n) is 1.47. The summed E-state index contributed by atoms with van der Waals surface area (Å²) in [5.41, 5.74) is 7.71. The topological polar surface area (TPSA) is 74.6 Å². The number of hydrogen-bond donors (Lipinski definition) is 2. The van der Waals surface area contributed by atoms with Crippen LogP contribution in [0.5, 0.6) is 0 Å². The van der Waals surface area contributed by atoms with Gasteiger partial charge in [0.15, 0.2) is 5.84 Å². The lowest BCUT2D eigenvalue weighted by Gasteiger charge is -1.90. The van der Waals surface area contributed by atoms with Gasteiger partial charge in [0, 0.05) is 0 Å². The van der Waals surface area contributed by atoms with E-state index in [1.54, 1.807) is 12.2 Å². The van der Waals surface area contributed by atoms with Gasteiger partial charge in [-0.05, 0) is 11.6 Å². The molecule has 0 aliphatic carbocycles. The maximum atomic E-state index is 6.69. The second-order valence-corrected chi connectivity index (χ2v) is 2.34. The SMILES string of the molecule is N=NC(/C=C/c1ccccc1)=N\N. The minimum absolute atomic E-state index is 0.198. The van der Waals surface area contributed by atoms with Crippen LogP contribution in [0.25, 0.3) is 6.08 Å². The fraction of sp³-hybridized carbons (Fsp3) is 0. The monoisotopic (exact) mass is 174 g/mol. The van der Waals surface area contributed by atoms with Crippen molar-refractivity contribution in [1.82, 2.24) is 0 Å². The fourth-order valence-electron chi connectivity index (χ4n) is 0.844. The third kappa shape index (κ3) is 2.86. The summed E-state index contributed by atoms with van der Waals surface area (Å²) in [6.45, 7) is 0. The summed E-state index contributed by atoms with van der Waals surface area (Å²) in [5, 5.41) is 6.41. The quantitative estimate of drug-likeness (QED) is 0.232. The van der Waals surface area contributed by atoms with Crippen LogP contribution in [0.15, 0.2) is 46.6 Å². The first kappa shape index (κ1) is 9.12. The van der Waals surface area contributed by atoms with Gasteiger partial charge in [-0.25, -0.2) is 5.53 Å². The number of rotatable bonds is 2. The molecule has 1 aromatic rings. The van der Waals surface area contributed by atoms with Crippen LogP contribution in [0.1, 0.15) is 5.56 Å².